The maximum Gasteiger partial charge on any atom is 0.262 e. The van der Waals surface area contributed by atoms with Gasteiger partial charge in [-0.25, -0.2) is 0 Å². The van der Waals surface area contributed by atoms with Crippen LogP contribution in [0.15, 0.2) is 24.3 Å². The molecule has 1 aromatic rings. The van der Waals surface area contributed by atoms with Gasteiger partial charge in [-0.15, -0.1) is 0 Å². The molecular weight excluding hydrogens is 306 g/mol. The lowest BCUT2D eigenvalue weighted by atomic mass is 9.95. The zero-order valence-electron chi connectivity index (χ0n) is 14.1. The summed E-state index contributed by atoms with van der Waals surface area (Å²) in [5.74, 6) is 0.472. The van der Waals surface area contributed by atoms with Gasteiger partial charge in [0.25, 0.3) is 5.91 Å². The van der Waals surface area contributed by atoms with E-state index in [9.17, 15) is 9.59 Å². The Hall–Kier alpha value is -2.24. The molecule has 3 rings (SSSR count). The maximum absolute atomic E-state index is 12.4. The number of anilines is 1. The van der Waals surface area contributed by atoms with E-state index in [1.54, 1.807) is 7.05 Å². The molecule has 6 nitrogen and oxygen atoms in total. The third-order valence-electron chi connectivity index (χ3n) is 4.70. The molecule has 0 spiro atoms. The second-order valence-electron chi connectivity index (χ2n) is 6.47. The number of carbonyl (C=O) groups is 2. The molecule has 1 heterocycles. The number of fused-ring (bicyclic) bond motifs is 1. The van der Waals surface area contributed by atoms with Gasteiger partial charge in [0.2, 0.25) is 5.91 Å². The highest BCUT2D eigenvalue weighted by Gasteiger charge is 2.31. The van der Waals surface area contributed by atoms with Crippen molar-refractivity contribution in [1.29, 1.82) is 0 Å². The fourth-order valence-corrected chi connectivity index (χ4v) is 3.45. The standard InChI is InChI=1S/C18H25N3O3/c1-19-18(23)16-11-21(14-9-5-6-10-15(14)24-16)12-17(22)20-13-7-3-2-4-8-13/h5-6,9-10,13,16H,2-4,7-8,11-12H2,1H3,(H,19,23)(H,20,22)/t16-/m1/s1. The van der Waals surface area contributed by atoms with Crippen molar-refractivity contribution in [2.24, 2.45) is 0 Å². The molecule has 1 saturated carbocycles. The number of para-hydroxylation sites is 2. The number of carbonyl (C=O) groups excluding carboxylic acids is 2. The van der Waals surface area contributed by atoms with Crippen LogP contribution in [0.3, 0.4) is 0 Å². The SMILES string of the molecule is CNC(=O)[C@H]1CN(CC(=O)NC2CCCCC2)c2ccccc2O1. The van der Waals surface area contributed by atoms with Gasteiger partial charge in [-0.05, 0) is 25.0 Å². The summed E-state index contributed by atoms with van der Waals surface area (Å²) in [5, 5.41) is 5.75. The van der Waals surface area contributed by atoms with E-state index in [0.717, 1.165) is 18.5 Å². The van der Waals surface area contributed by atoms with E-state index in [1.165, 1.54) is 19.3 Å². The van der Waals surface area contributed by atoms with Crippen LogP contribution >= 0.6 is 0 Å². The third-order valence-corrected chi connectivity index (χ3v) is 4.70. The summed E-state index contributed by atoms with van der Waals surface area (Å²) < 4.78 is 5.76. The van der Waals surface area contributed by atoms with Gasteiger partial charge in [0, 0.05) is 13.1 Å². The smallest absolute Gasteiger partial charge is 0.262 e. The Kier molecular flexibility index (Phi) is 5.23. The van der Waals surface area contributed by atoms with Crippen molar-refractivity contribution in [2.45, 2.75) is 44.2 Å². The maximum atomic E-state index is 12.4. The Bertz CT molecular complexity index is 599. The number of nitrogens with zero attached hydrogens (tertiary/aromatic N) is 1. The molecule has 6 heteroatoms. The van der Waals surface area contributed by atoms with Crippen molar-refractivity contribution >= 4 is 17.5 Å². The van der Waals surface area contributed by atoms with Crippen LogP contribution in [-0.2, 0) is 9.59 Å². The Labute approximate surface area is 142 Å². The summed E-state index contributed by atoms with van der Waals surface area (Å²) in [5.41, 5.74) is 0.858. The van der Waals surface area contributed by atoms with E-state index in [0.29, 0.717) is 12.3 Å². The lowest BCUT2D eigenvalue weighted by Crippen LogP contribution is -2.51. The van der Waals surface area contributed by atoms with E-state index < -0.39 is 6.10 Å². The first-order valence-electron chi connectivity index (χ1n) is 8.69. The largest absolute Gasteiger partial charge is 0.477 e. The Morgan fingerprint density at radius 1 is 1.21 bits per heavy atom. The number of amides is 2. The summed E-state index contributed by atoms with van der Waals surface area (Å²) >= 11 is 0. The average molecular weight is 331 g/mol. The lowest BCUT2D eigenvalue weighted by molar-refractivity contribution is -0.128. The monoisotopic (exact) mass is 331 g/mol. The average Bonchev–Trinajstić information content (AvgIpc) is 2.61. The highest BCUT2D eigenvalue weighted by molar-refractivity contribution is 5.86. The quantitative estimate of drug-likeness (QED) is 0.876. The van der Waals surface area contributed by atoms with Gasteiger partial charge in [0.05, 0.1) is 18.8 Å². The molecule has 0 saturated heterocycles. The van der Waals surface area contributed by atoms with Gasteiger partial charge in [-0.1, -0.05) is 31.4 Å². The number of rotatable bonds is 4. The normalized spacial score (nSPS) is 20.7. The highest BCUT2D eigenvalue weighted by Crippen LogP contribution is 2.32. The first-order chi connectivity index (χ1) is 11.7. The summed E-state index contributed by atoms with van der Waals surface area (Å²) in [4.78, 5) is 26.3. The summed E-state index contributed by atoms with van der Waals surface area (Å²) in [6.45, 7) is 0.610. The van der Waals surface area contributed by atoms with Crippen molar-refractivity contribution in [3.63, 3.8) is 0 Å². The predicted octanol–water partition coefficient (Wildman–Crippen LogP) is 1.45. The third kappa shape index (κ3) is 3.80. The fourth-order valence-electron chi connectivity index (χ4n) is 3.45. The second kappa shape index (κ2) is 7.55. The zero-order valence-corrected chi connectivity index (χ0v) is 14.1. The molecule has 1 fully saturated rings. The topological polar surface area (TPSA) is 70.7 Å². The molecule has 0 bridgehead atoms. The van der Waals surface area contributed by atoms with E-state index in [4.69, 9.17) is 4.74 Å². The molecule has 130 valence electrons. The van der Waals surface area contributed by atoms with Crippen molar-refractivity contribution in [2.75, 3.05) is 25.0 Å². The van der Waals surface area contributed by atoms with Crippen LogP contribution < -0.4 is 20.3 Å². The van der Waals surface area contributed by atoms with Crippen LogP contribution in [0.25, 0.3) is 0 Å². The molecule has 0 unspecified atom stereocenters. The van der Waals surface area contributed by atoms with Crippen LogP contribution in [0.5, 0.6) is 5.75 Å². The Morgan fingerprint density at radius 3 is 2.71 bits per heavy atom. The number of hydrogen-bond donors (Lipinski definition) is 2. The van der Waals surface area contributed by atoms with Gasteiger partial charge in [0.15, 0.2) is 6.10 Å². The van der Waals surface area contributed by atoms with E-state index in [1.807, 2.05) is 29.2 Å². The number of hydrogen-bond acceptors (Lipinski definition) is 4. The Morgan fingerprint density at radius 2 is 1.96 bits per heavy atom. The van der Waals surface area contributed by atoms with Gasteiger partial charge >= 0.3 is 0 Å². The minimum atomic E-state index is -0.604. The van der Waals surface area contributed by atoms with Gasteiger partial charge in [-0.3, -0.25) is 9.59 Å². The van der Waals surface area contributed by atoms with Crippen LogP contribution in [-0.4, -0.2) is 44.1 Å². The predicted molar refractivity (Wildman–Crippen MR) is 92.2 cm³/mol. The van der Waals surface area contributed by atoms with Crippen LogP contribution in [0, 0.1) is 0 Å². The lowest BCUT2D eigenvalue weighted by Gasteiger charge is -2.35. The van der Waals surface area contributed by atoms with E-state index >= 15 is 0 Å². The van der Waals surface area contributed by atoms with Crippen molar-refractivity contribution in [1.82, 2.24) is 10.6 Å². The first kappa shape index (κ1) is 16.6. The fraction of sp³-hybridized carbons (Fsp3) is 0.556. The molecule has 1 atom stereocenters. The van der Waals surface area contributed by atoms with E-state index in [2.05, 4.69) is 10.6 Å². The van der Waals surface area contributed by atoms with Crippen molar-refractivity contribution in [3.05, 3.63) is 24.3 Å². The van der Waals surface area contributed by atoms with Gasteiger partial charge in [-0.2, -0.15) is 0 Å². The molecule has 2 N–H and O–H groups in total. The number of ether oxygens (including phenoxy) is 1. The molecule has 1 aliphatic carbocycles. The summed E-state index contributed by atoms with van der Waals surface area (Å²) in [6.07, 6.45) is 5.15. The second-order valence-corrected chi connectivity index (χ2v) is 6.47. The van der Waals surface area contributed by atoms with Crippen molar-refractivity contribution in [3.8, 4) is 5.75 Å². The van der Waals surface area contributed by atoms with Crippen LogP contribution in [0.2, 0.25) is 0 Å². The molecule has 2 aliphatic rings. The molecule has 2 amide bonds. The molecule has 1 aromatic carbocycles. The minimum Gasteiger partial charge on any atom is -0.477 e. The number of nitrogens with one attached hydrogen (secondary N) is 2. The van der Waals surface area contributed by atoms with E-state index in [-0.39, 0.29) is 24.4 Å². The van der Waals surface area contributed by atoms with Crippen molar-refractivity contribution < 1.29 is 14.3 Å². The molecule has 0 radical (unpaired) electrons. The van der Waals surface area contributed by atoms with Crippen LogP contribution in [0.4, 0.5) is 5.69 Å². The number of benzene rings is 1. The highest BCUT2D eigenvalue weighted by atomic mass is 16.5. The number of likely N-dealkylation sites (N-methyl/N-ethyl adjacent to an activating group) is 1. The molecule has 0 aromatic heterocycles. The molecular formula is C18H25N3O3. The molecule has 1 aliphatic heterocycles. The van der Waals surface area contributed by atoms with Gasteiger partial charge < -0.3 is 20.3 Å². The minimum absolute atomic E-state index is 0.00857. The summed E-state index contributed by atoms with van der Waals surface area (Å²) in [7, 11) is 1.59. The Balaban J connectivity index is 1.68. The zero-order chi connectivity index (χ0) is 16.9. The van der Waals surface area contributed by atoms with Crippen LogP contribution in [0.1, 0.15) is 32.1 Å². The molecule has 24 heavy (non-hydrogen) atoms. The summed E-state index contributed by atoms with van der Waals surface area (Å²) in [6, 6.07) is 7.82. The first-order valence-corrected chi connectivity index (χ1v) is 8.69. The van der Waals surface area contributed by atoms with Gasteiger partial charge in [0.1, 0.15) is 5.75 Å².